The molecule has 1 aliphatic rings. The first kappa shape index (κ1) is 16.2. The molecule has 9 heteroatoms. The van der Waals surface area contributed by atoms with Crippen LogP contribution in [-0.4, -0.2) is 31.1 Å². The Bertz CT molecular complexity index is 932. The molecule has 8 nitrogen and oxygen atoms in total. The van der Waals surface area contributed by atoms with Gasteiger partial charge in [0.2, 0.25) is 5.91 Å². The van der Waals surface area contributed by atoms with E-state index in [9.17, 15) is 18.0 Å². The first-order chi connectivity index (χ1) is 11.4. The fourth-order valence-electron chi connectivity index (χ4n) is 2.65. The normalized spacial score (nSPS) is 14.1. The number of amides is 1. The average Bonchev–Trinajstić information content (AvgIpc) is 2.55. The Balaban J connectivity index is 1.96. The molecule has 3 rings (SSSR count). The highest BCUT2D eigenvalue weighted by Crippen LogP contribution is 2.30. The Morgan fingerprint density at radius 3 is 2.75 bits per heavy atom. The van der Waals surface area contributed by atoms with E-state index in [2.05, 4.69) is 14.9 Å². The lowest BCUT2D eigenvalue weighted by atomic mass is 10.0. The lowest BCUT2D eigenvalue weighted by Gasteiger charge is -2.29. The third kappa shape index (κ3) is 3.16. The number of sulfonamides is 1. The topological polar surface area (TPSA) is 112 Å². The highest BCUT2D eigenvalue weighted by atomic mass is 32.2. The predicted molar refractivity (Wildman–Crippen MR) is 88.5 cm³/mol. The zero-order valence-electron chi connectivity index (χ0n) is 12.9. The largest absolute Gasteiger partial charge is 0.312 e. The number of anilines is 2. The van der Waals surface area contributed by atoms with Crippen LogP contribution in [0.3, 0.4) is 0 Å². The lowest BCUT2D eigenvalue weighted by Crippen LogP contribution is -2.33. The molecule has 2 heterocycles. The molecule has 1 aliphatic heterocycles. The summed E-state index contributed by atoms with van der Waals surface area (Å²) in [4.78, 5) is 24.4. The number of nitrogens with one attached hydrogen (secondary N) is 2. The molecular weight excluding hydrogens is 332 g/mol. The number of carbonyl (C=O) groups excluding carboxylic acids is 1. The molecule has 0 spiro atoms. The van der Waals surface area contributed by atoms with Gasteiger partial charge in [0.05, 0.1) is 4.90 Å². The zero-order valence-corrected chi connectivity index (χ0v) is 13.8. The summed E-state index contributed by atoms with van der Waals surface area (Å²) in [6.45, 7) is 2.03. The summed E-state index contributed by atoms with van der Waals surface area (Å²) in [6, 6.07) is 7.16. The number of rotatable bonds is 3. The molecule has 0 saturated carbocycles. The van der Waals surface area contributed by atoms with Crippen molar-refractivity contribution in [2.45, 2.75) is 24.7 Å². The summed E-state index contributed by atoms with van der Waals surface area (Å²) in [5, 5.41) is 5.79. The van der Waals surface area contributed by atoms with Gasteiger partial charge < -0.3 is 4.90 Å². The smallest absolute Gasteiger partial charge is 0.264 e. The number of aryl methyl sites for hydroxylation is 1. The first-order valence-corrected chi connectivity index (χ1v) is 8.85. The van der Waals surface area contributed by atoms with E-state index in [1.807, 2.05) is 0 Å². The summed E-state index contributed by atoms with van der Waals surface area (Å²) in [5.74, 6) is -0.114. The maximum absolute atomic E-state index is 12.5. The van der Waals surface area contributed by atoms with Gasteiger partial charge in [0.25, 0.3) is 15.6 Å². The number of aromatic amines is 1. The van der Waals surface area contributed by atoms with Crippen LogP contribution in [0.5, 0.6) is 0 Å². The molecule has 126 valence electrons. The fourth-order valence-corrected chi connectivity index (χ4v) is 3.67. The summed E-state index contributed by atoms with van der Waals surface area (Å²) < 4.78 is 27.3. The molecule has 0 radical (unpaired) electrons. The second-order valence-electron chi connectivity index (χ2n) is 5.48. The summed E-state index contributed by atoms with van der Waals surface area (Å²) in [5.41, 5.74) is 1.13. The average molecular weight is 348 g/mol. The van der Waals surface area contributed by atoms with Gasteiger partial charge in [-0.05, 0) is 36.6 Å². The molecule has 0 unspecified atom stereocenters. The van der Waals surface area contributed by atoms with Crippen molar-refractivity contribution < 1.29 is 13.2 Å². The van der Waals surface area contributed by atoms with Crippen LogP contribution in [0.4, 0.5) is 11.5 Å². The summed E-state index contributed by atoms with van der Waals surface area (Å²) >= 11 is 0. The van der Waals surface area contributed by atoms with Gasteiger partial charge in [-0.3, -0.25) is 14.3 Å². The Labute approximate surface area is 138 Å². The van der Waals surface area contributed by atoms with E-state index in [1.165, 1.54) is 31.2 Å². The van der Waals surface area contributed by atoms with Crippen molar-refractivity contribution in [3.05, 3.63) is 46.2 Å². The number of H-pyrrole nitrogens is 1. The van der Waals surface area contributed by atoms with Crippen molar-refractivity contribution in [3.8, 4) is 0 Å². The number of aromatic nitrogens is 2. The number of hydrogen-bond acceptors (Lipinski definition) is 5. The number of fused-ring (bicyclic) bond motifs is 1. The molecule has 0 fully saturated rings. The van der Waals surface area contributed by atoms with Gasteiger partial charge in [0.1, 0.15) is 0 Å². The Morgan fingerprint density at radius 1 is 1.29 bits per heavy atom. The van der Waals surface area contributed by atoms with Crippen LogP contribution in [0.25, 0.3) is 0 Å². The molecule has 2 N–H and O–H groups in total. The minimum atomic E-state index is -3.88. The summed E-state index contributed by atoms with van der Waals surface area (Å²) in [6.07, 6.45) is 1.65. The molecule has 0 atom stereocenters. The second-order valence-corrected chi connectivity index (χ2v) is 7.16. The van der Waals surface area contributed by atoms with Crippen LogP contribution < -0.4 is 15.2 Å². The number of benzene rings is 1. The monoisotopic (exact) mass is 348 g/mol. The number of hydrogen-bond donors (Lipinski definition) is 2. The van der Waals surface area contributed by atoms with Crippen LogP contribution in [0, 0.1) is 0 Å². The Kier molecular flexibility index (Phi) is 4.10. The standard InChI is InChI=1S/C15H16N4O4S/c1-10(20)19-8-2-3-11-4-5-12(9-13(11)19)24(22,23)18-14-6-7-15(21)17-16-14/h4-7,9H,2-3,8H2,1H3,(H,16,18)(H,17,21). The number of nitrogens with zero attached hydrogens (tertiary/aromatic N) is 2. The minimum Gasteiger partial charge on any atom is -0.312 e. The van der Waals surface area contributed by atoms with Crippen molar-refractivity contribution in [1.29, 1.82) is 0 Å². The fraction of sp³-hybridized carbons (Fsp3) is 0.267. The molecule has 0 saturated heterocycles. The van der Waals surface area contributed by atoms with E-state index in [4.69, 9.17) is 0 Å². The first-order valence-electron chi connectivity index (χ1n) is 7.36. The van der Waals surface area contributed by atoms with E-state index < -0.39 is 15.6 Å². The van der Waals surface area contributed by atoms with E-state index in [-0.39, 0.29) is 16.6 Å². The van der Waals surface area contributed by atoms with E-state index >= 15 is 0 Å². The van der Waals surface area contributed by atoms with Gasteiger partial charge in [-0.2, -0.15) is 5.10 Å². The maximum Gasteiger partial charge on any atom is 0.264 e. The number of carbonyl (C=O) groups is 1. The van der Waals surface area contributed by atoms with Gasteiger partial charge in [-0.15, -0.1) is 0 Å². The lowest BCUT2D eigenvalue weighted by molar-refractivity contribution is -0.116. The second kappa shape index (κ2) is 6.08. The third-order valence-electron chi connectivity index (χ3n) is 3.78. The quantitative estimate of drug-likeness (QED) is 0.855. The highest BCUT2D eigenvalue weighted by molar-refractivity contribution is 7.92. The van der Waals surface area contributed by atoms with E-state index in [0.717, 1.165) is 18.4 Å². The van der Waals surface area contributed by atoms with Crippen LogP contribution >= 0.6 is 0 Å². The van der Waals surface area contributed by atoms with Crippen molar-refractivity contribution in [2.24, 2.45) is 0 Å². The van der Waals surface area contributed by atoms with Gasteiger partial charge in [0.15, 0.2) is 5.82 Å². The SMILES string of the molecule is CC(=O)N1CCCc2ccc(S(=O)(=O)Nc3ccc(=O)[nH]n3)cc21. The van der Waals surface area contributed by atoms with Gasteiger partial charge >= 0.3 is 0 Å². The molecule has 24 heavy (non-hydrogen) atoms. The van der Waals surface area contributed by atoms with Gasteiger partial charge in [-0.25, -0.2) is 13.5 Å². The molecule has 1 aromatic heterocycles. The van der Waals surface area contributed by atoms with Crippen LogP contribution in [-0.2, 0) is 21.2 Å². The van der Waals surface area contributed by atoms with Crippen molar-refractivity contribution in [1.82, 2.24) is 10.2 Å². The van der Waals surface area contributed by atoms with Crippen molar-refractivity contribution in [3.63, 3.8) is 0 Å². The summed E-state index contributed by atoms with van der Waals surface area (Å²) in [7, 11) is -3.88. The van der Waals surface area contributed by atoms with E-state index in [0.29, 0.717) is 12.2 Å². The predicted octanol–water partition coefficient (Wildman–Crippen LogP) is 0.870. The van der Waals surface area contributed by atoms with Gasteiger partial charge in [-0.1, -0.05) is 6.07 Å². The Hall–Kier alpha value is -2.68. The van der Waals surface area contributed by atoms with Gasteiger partial charge in [0, 0.05) is 25.2 Å². The molecule has 1 aromatic carbocycles. The molecule has 1 amide bonds. The van der Waals surface area contributed by atoms with Crippen molar-refractivity contribution in [2.75, 3.05) is 16.2 Å². The van der Waals surface area contributed by atoms with E-state index in [1.54, 1.807) is 11.0 Å². The Morgan fingerprint density at radius 2 is 2.08 bits per heavy atom. The molecular formula is C15H16N4O4S. The van der Waals surface area contributed by atoms with Crippen LogP contribution in [0.2, 0.25) is 0 Å². The van der Waals surface area contributed by atoms with Crippen molar-refractivity contribution >= 4 is 27.4 Å². The molecule has 2 aromatic rings. The third-order valence-corrected chi connectivity index (χ3v) is 5.14. The molecule has 0 aliphatic carbocycles. The maximum atomic E-state index is 12.5. The zero-order chi connectivity index (χ0) is 17.3. The minimum absolute atomic E-state index is 0.00995. The van der Waals surface area contributed by atoms with Crippen LogP contribution in [0.1, 0.15) is 18.9 Å². The highest BCUT2D eigenvalue weighted by Gasteiger charge is 2.23. The molecule has 0 bridgehead atoms. The van der Waals surface area contributed by atoms with Crippen LogP contribution in [0.15, 0.2) is 40.0 Å².